The van der Waals surface area contributed by atoms with E-state index in [1.54, 1.807) is 37.3 Å². The van der Waals surface area contributed by atoms with E-state index in [0.29, 0.717) is 22.4 Å². The summed E-state index contributed by atoms with van der Waals surface area (Å²) in [7, 11) is 0. The number of carbonyl (C=O) groups excluding carboxylic acids is 2. The summed E-state index contributed by atoms with van der Waals surface area (Å²) in [6, 6.07) is 12.2. The maximum atomic E-state index is 13.5. The molecule has 6 nitrogen and oxygen atoms in total. The Labute approximate surface area is 154 Å². The molecule has 3 aromatic rings. The van der Waals surface area contributed by atoms with Gasteiger partial charge in [-0.3, -0.25) is 9.59 Å². The molecule has 2 aromatic carbocycles. The Hall–Kier alpha value is -3.61. The Bertz CT molecular complexity index is 1110. The number of aromatic nitrogens is 2. The van der Waals surface area contributed by atoms with Crippen LogP contribution >= 0.6 is 0 Å². The molecule has 0 aliphatic heterocycles. The van der Waals surface area contributed by atoms with Gasteiger partial charge < -0.3 is 10.3 Å². The second-order valence-electron chi connectivity index (χ2n) is 6.04. The number of benzene rings is 2. The fraction of sp³-hybridized carbons (Fsp3) is 0.100. The molecule has 1 amide bonds. The topological polar surface area (TPSA) is 91.9 Å². The molecule has 0 saturated heterocycles. The minimum Gasteiger partial charge on any atom is -0.321 e. The highest BCUT2D eigenvalue weighted by Gasteiger charge is 2.12. The van der Waals surface area contributed by atoms with Crippen LogP contribution in [0.1, 0.15) is 33.3 Å². The van der Waals surface area contributed by atoms with Gasteiger partial charge >= 0.3 is 5.69 Å². The number of hydrogen-bond donors (Lipinski definition) is 2. The van der Waals surface area contributed by atoms with Crippen molar-refractivity contribution in [2.45, 2.75) is 13.8 Å². The number of carbonyl (C=O) groups is 2. The number of nitrogens with zero attached hydrogens (tertiary/aromatic N) is 1. The van der Waals surface area contributed by atoms with Crippen LogP contribution in [0.5, 0.6) is 0 Å². The molecule has 0 fully saturated rings. The van der Waals surface area contributed by atoms with Crippen molar-refractivity contribution in [3.8, 4) is 11.3 Å². The predicted molar refractivity (Wildman–Crippen MR) is 99.4 cm³/mol. The predicted octanol–water partition coefficient (Wildman–Crippen LogP) is 3.34. The molecule has 0 radical (unpaired) electrons. The molecular formula is C20H16FN3O3. The maximum Gasteiger partial charge on any atom is 0.346 e. The Morgan fingerprint density at radius 3 is 2.59 bits per heavy atom. The van der Waals surface area contributed by atoms with Gasteiger partial charge in [-0.15, -0.1) is 0 Å². The zero-order valence-corrected chi connectivity index (χ0v) is 14.7. The molecule has 0 unspecified atom stereocenters. The van der Waals surface area contributed by atoms with Crippen LogP contribution in [0.3, 0.4) is 0 Å². The van der Waals surface area contributed by atoms with Crippen molar-refractivity contribution in [3.05, 3.63) is 81.7 Å². The van der Waals surface area contributed by atoms with Crippen LogP contribution in [0.25, 0.3) is 11.3 Å². The van der Waals surface area contributed by atoms with Crippen LogP contribution in [-0.2, 0) is 0 Å². The second-order valence-corrected chi connectivity index (χ2v) is 6.04. The number of halogens is 1. The van der Waals surface area contributed by atoms with E-state index in [2.05, 4.69) is 15.3 Å². The standard InChI is InChI=1S/C20H16FN3O3/c1-11-8-14(6-7-16(11)21)17-10-18(24-20(27)23-17)19(26)22-15-5-3-4-13(9-15)12(2)25/h3-10H,1-2H3,(H,22,26)(H,23,24,27). The summed E-state index contributed by atoms with van der Waals surface area (Å²) in [5, 5.41) is 2.63. The molecule has 27 heavy (non-hydrogen) atoms. The van der Waals surface area contributed by atoms with Gasteiger partial charge in [0.25, 0.3) is 5.91 Å². The van der Waals surface area contributed by atoms with E-state index >= 15 is 0 Å². The third-order valence-electron chi connectivity index (χ3n) is 3.97. The number of ketones is 1. The van der Waals surface area contributed by atoms with E-state index in [1.807, 2.05) is 0 Å². The number of H-pyrrole nitrogens is 1. The first-order valence-corrected chi connectivity index (χ1v) is 8.14. The van der Waals surface area contributed by atoms with Crippen molar-refractivity contribution >= 4 is 17.4 Å². The molecule has 2 N–H and O–H groups in total. The van der Waals surface area contributed by atoms with Crippen molar-refractivity contribution in [2.75, 3.05) is 5.32 Å². The largest absolute Gasteiger partial charge is 0.346 e. The van der Waals surface area contributed by atoms with Crippen LogP contribution < -0.4 is 11.0 Å². The Morgan fingerprint density at radius 2 is 1.89 bits per heavy atom. The van der Waals surface area contributed by atoms with Crippen LogP contribution in [0.15, 0.2) is 53.3 Å². The first-order valence-electron chi connectivity index (χ1n) is 8.14. The van der Waals surface area contributed by atoms with E-state index in [-0.39, 0.29) is 23.0 Å². The monoisotopic (exact) mass is 365 g/mol. The van der Waals surface area contributed by atoms with Gasteiger partial charge in [0, 0.05) is 16.8 Å². The molecule has 0 spiro atoms. The summed E-state index contributed by atoms with van der Waals surface area (Å²) in [4.78, 5) is 42.0. The maximum absolute atomic E-state index is 13.5. The first-order chi connectivity index (χ1) is 12.8. The third kappa shape index (κ3) is 4.14. The molecule has 1 heterocycles. The Kier molecular flexibility index (Phi) is 4.94. The number of Topliss-reactive ketones (excluding diaryl/α,β-unsaturated/α-hetero) is 1. The third-order valence-corrected chi connectivity index (χ3v) is 3.97. The summed E-state index contributed by atoms with van der Waals surface area (Å²) in [5.41, 5.74) is 1.36. The van der Waals surface area contributed by atoms with E-state index in [0.717, 1.165) is 0 Å². The number of anilines is 1. The highest BCUT2D eigenvalue weighted by Crippen LogP contribution is 2.20. The molecule has 136 valence electrons. The van der Waals surface area contributed by atoms with Crippen molar-refractivity contribution < 1.29 is 14.0 Å². The lowest BCUT2D eigenvalue weighted by Gasteiger charge is -2.08. The zero-order chi connectivity index (χ0) is 19.6. The van der Waals surface area contributed by atoms with Crippen molar-refractivity contribution in [1.29, 1.82) is 0 Å². The summed E-state index contributed by atoms with van der Waals surface area (Å²) >= 11 is 0. The minimum absolute atomic E-state index is 0.000191. The zero-order valence-electron chi connectivity index (χ0n) is 14.7. The molecule has 3 rings (SSSR count). The second kappa shape index (κ2) is 7.33. The van der Waals surface area contributed by atoms with Gasteiger partial charge in [-0.1, -0.05) is 12.1 Å². The fourth-order valence-electron chi connectivity index (χ4n) is 2.55. The van der Waals surface area contributed by atoms with Gasteiger partial charge in [-0.25, -0.2) is 9.18 Å². The van der Waals surface area contributed by atoms with E-state index in [9.17, 15) is 18.8 Å². The van der Waals surface area contributed by atoms with E-state index < -0.39 is 11.6 Å². The lowest BCUT2D eigenvalue weighted by molar-refractivity contribution is 0.100. The van der Waals surface area contributed by atoms with Gasteiger partial charge in [-0.2, -0.15) is 4.98 Å². The molecule has 0 aliphatic carbocycles. The number of aromatic amines is 1. The first kappa shape index (κ1) is 18.2. The van der Waals surface area contributed by atoms with E-state index in [4.69, 9.17) is 0 Å². The van der Waals surface area contributed by atoms with Crippen LogP contribution in [0.2, 0.25) is 0 Å². The number of amides is 1. The number of aryl methyl sites for hydroxylation is 1. The molecule has 1 aromatic heterocycles. The van der Waals surface area contributed by atoms with Crippen molar-refractivity contribution in [3.63, 3.8) is 0 Å². The summed E-state index contributed by atoms with van der Waals surface area (Å²) < 4.78 is 13.5. The highest BCUT2D eigenvalue weighted by molar-refractivity contribution is 6.04. The SMILES string of the molecule is CC(=O)c1cccc(NC(=O)c2cc(-c3ccc(F)c(C)c3)nc(=O)[nH]2)c1. The Morgan fingerprint density at radius 1 is 1.11 bits per heavy atom. The molecule has 0 aliphatic rings. The van der Waals surface area contributed by atoms with Gasteiger partial charge in [0.05, 0.1) is 5.69 Å². The van der Waals surface area contributed by atoms with Crippen LogP contribution in [0, 0.1) is 12.7 Å². The molecule has 0 bridgehead atoms. The molecular weight excluding hydrogens is 349 g/mol. The molecule has 0 saturated carbocycles. The highest BCUT2D eigenvalue weighted by atomic mass is 19.1. The lowest BCUT2D eigenvalue weighted by Crippen LogP contribution is -2.21. The van der Waals surface area contributed by atoms with E-state index in [1.165, 1.54) is 25.1 Å². The van der Waals surface area contributed by atoms with Gasteiger partial charge in [-0.05, 0) is 55.8 Å². The van der Waals surface area contributed by atoms with Crippen molar-refractivity contribution in [1.82, 2.24) is 9.97 Å². The normalized spacial score (nSPS) is 10.5. The number of rotatable bonds is 4. The summed E-state index contributed by atoms with van der Waals surface area (Å²) in [6.07, 6.45) is 0. The number of hydrogen-bond acceptors (Lipinski definition) is 4. The smallest absolute Gasteiger partial charge is 0.321 e. The minimum atomic E-state index is -0.697. The molecule has 0 atom stereocenters. The summed E-state index contributed by atoms with van der Waals surface area (Å²) in [6.45, 7) is 3.03. The Balaban J connectivity index is 1.92. The average Bonchev–Trinajstić information content (AvgIpc) is 2.63. The quantitative estimate of drug-likeness (QED) is 0.694. The van der Waals surface area contributed by atoms with Crippen molar-refractivity contribution in [2.24, 2.45) is 0 Å². The fourth-order valence-corrected chi connectivity index (χ4v) is 2.55. The van der Waals surface area contributed by atoms with Crippen LogP contribution in [-0.4, -0.2) is 21.7 Å². The lowest BCUT2D eigenvalue weighted by atomic mass is 10.1. The number of nitrogens with one attached hydrogen (secondary N) is 2. The molecule has 7 heteroatoms. The average molecular weight is 365 g/mol. The summed E-state index contributed by atoms with van der Waals surface area (Å²) in [5.74, 6) is -1.06. The van der Waals surface area contributed by atoms with Crippen LogP contribution in [0.4, 0.5) is 10.1 Å². The van der Waals surface area contributed by atoms with Gasteiger partial charge in [0.2, 0.25) is 0 Å². The van der Waals surface area contributed by atoms with Gasteiger partial charge in [0.1, 0.15) is 11.5 Å². The van der Waals surface area contributed by atoms with Gasteiger partial charge in [0.15, 0.2) is 5.78 Å².